The summed E-state index contributed by atoms with van der Waals surface area (Å²) in [7, 11) is 3.31. The van der Waals surface area contributed by atoms with Crippen LogP contribution < -0.4 is 14.4 Å². The Morgan fingerprint density at radius 3 is 2.42 bits per heavy atom. The molecule has 0 bridgehead atoms. The summed E-state index contributed by atoms with van der Waals surface area (Å²) in [5, 5.41) is 3.13. The summed E-state index contributed by atoms with van der Waals surface area (Å²) in [4.78, 5) is 14.8. The quantitative estimate of drug-likeness (QED) is 0.407. The molecule has 5 rings (SSSR count). The first-order valence-corrected chi connectivity index (χ1v) is 11.7. The maximum absolute atomic E-state index is 13.4. The van der Waals surface area contributed by atoms with E-state index in [1.807, 2.05) is 24.3 Å². The second kappa shape index (κ2) is 9.33. The predicted octanol–water partition coefficient (Wildman–Crippen LogP) is 4.84. The highest BCUT2D eigenvalue weighted by atomic mass is 32.1. The first kappa shape index (κ1) is 21.6. The first-order chi connectivity index (χ1) is 16.2. The van der Waals surface area contributed by atoms with Crippen LogP contribution >= 0.6 is 11.3 Å². The van der Waals surface area contributed by atoms with Gasteiger partial charge in [-0.3, -0.25) is 4.90 Å². The van der Waals surface area contributed by atoms with Crippen LogP contribution in [0.4, 0.5) is 10.2 Å². The number of methoxy groups -OCH3 is 2. The molecule has 33 heavy (non-hydrogen) atoms. The molecule has 0 N–H and O–H groups in total. The number of aromatic nitrogens is 2. The molecule has 2 aromatic carbocycles. The monoisotopic (exact) mass is 464 g/mol. The summed E-state index contributed by atoms with van der Waals surface area (Å²) in [6.45, 7) is 4.45. The van der Waals surface area contributed by atoms with Crippen molar-refractivity contribution in [1.82, 2.24) is 14.9 Å². The number of thiophene rings is 1. The molecule has 0 saturated carbocycles. The summed E-state index contributed by atoms with van der Waals surface area (Å²) in [5.41, 5.74) is 3.23. The van der Waals surface area contributed by atoms with Gasteiger partial charge in [-0.25, -0.2) is 14.4 Å². The smallest absolute Gasteiger partial charge is 0.161 e. The van der Waals surface area contributed by atoms with Gasteiger partial charge >= 0.3 is 0 Å². The Kier molecular flexibility index (Phi) is 6.11. The van der Waals surface area contributed by atoms with Crippen molar-refractivity contribution in [3.05, 3.63) is 65.6 Å². The number of ether oxygens (including phenoxy) is 2. The van der Waals surface area contributed by atoms with E-state index in [9.17, 15) is 4.39 Å². The van der Waals surface area contributed by atoms with Gasteiger partial charge in [0.05, 0.1) is 19.6 Å². The van der Waals surface area contributed by atoms with Crippen molar-refractivity contribution >= 4 is 27.4 Å². The van der Waals surface area contributed by atoms with Crippen LogP contribution in [0.2, 0.25) is 0 Å². The van der Waals surface area contributed by atoms with Gasteiger partial charge in [-0.2, -0.15) is 0 Å². The number of fused-ring (bicyclic) bond motifs is 1. The lowest BCUT2D eigenvalue weighted by Crippen LogP contribution is -2.46. The van der Waals surface area contributed by atoms with E-state index < -0.39 is 0 Å². The van der Waals surface area contributed by atoms with Gasteiger partial charge in [0, 0.05) is 43.7 Å². The molecule has 1 aliphatic rings. The highest BCUT2D eigenvalue weighted by molar-refractivity contribution is 7.17. The molecule has 170 valence electrons. The summed E-state index contributed by atoms with van der Waals surface area (Å²) in [5.74, 6) is 2.21. The molecular formula is C25H25FN4O2S. The summed E-state index contributed by atoms with van der Waals surface area (Å²) < 4.78 is 24.2. The fourth-order valence-electron chi connectivity index (χ4n) is 4.30. The molecule has 0 atom stereocenters. The number of anilines is 1. The molecule has 0 spiro atoms. The van der Waals surface area contributed by atoms with Gasteiger partial charge in [-0.15, -0.1) is 11.3 Å². The van der Waals surface area contributed by atoms with Crippen molar-refractivity contribution in [3.63, 3.8) is 0 Å². The first-order valence-electron chi connectivity index (χ1n) is 10.8. The maximum Gasteiger partial charge on any atom is 0.161 e. The van der Waals surface area contributed by atoms with Crippen LogP contribution in [0.15, 0.2) is 54.2 Å². The molecule has 1 fully saturated rings. The third-order valence-corrected chi connectivity index (χ3v) is 6.92. The van der Waals surface area contributed by atoms with Crippen LogP contribution in [0.3, 0.4) is 0 Å². The van der Waals surface area contributed by atoms with Crippen LogP contribution in [0.25, 0.3) is 21.3 Å². The van der Waals surface area contributed by atoms with E-state index in [0.29, 0.717) is 0 Å². The van der Waals surface area contributed by atoms with Gasteiger partial charge in [-0.1, -0.05) is 18.2 Å². The Balaban J connectivity index is 1.34. The van der Waals surface area contributed by atoms with Crippen LogP contribution in [-0.4, -0.2) is 55.3 Å². The molecule has 0 amide bonds. The van der Waals surface area contributed by atoms with E-state index in [2.05, 4.69) is 31.2 Å². The number of hydrogen-bond donors (Lipinski definition) is 0. The molecule has 4 aromatic rings. The van der Waals surface area contributed by atoms with E-state index >= 15 is 0 Å². The summed E-state index contributed by atoms with van der Waals surface area (Å²) in [6, 6.07) is 12.7. The minimum Gasteiger partial charge on any atom is -0.493 e. The van der Waals surface area contributed by atoms with E-state index in [4.69, 9.17) is 9.47 Å². The van der Waals surface area contributed by atoms with Gasteiger partial charge < -0.3 is 14.4 Å². The van der Waals surface area contributed by atoms with Crippen molar-refractivity contribution < 1.29 is 13.9 Å². The molecule has 2 aromatic heterocycles. The Bertz CT molecular complexity index is 1250. The second-order valence-electron chi connectivity index (χ2n) is 7.99. The van der Waals surface area contributed by atoms with Crippen molar-refractivity contribution in [2.45, 2.75) is 6.54 Å². The Morgan fingerprint density at radius 1 is 0.939 bits per heavy atom. The van der Waals surface area contributed by atoms with Crippen LogP contribution in [0, 0.1) is 5.82 Å². The normalized spacial score (nSPS) is 14.6. The minimum absolute atomic E-state index is 0.236. The van der Waals surface area contributed by atoms with E-state index in [1.165, 1.54) is 17.7 Å². The maximum atomic E-state index is 13.4. The lowest BCUT2D eigenvalue weighted by molar-refractivity contribution is 0.249. The van der Waals surface area contributed by atoms with Crippen LogP contribution in [0.1, 0.15) is 5.56 Å². The van der Waals surface area contributed by atoms with Gasteiger partial charge in [-0.05, 0) is 35.4 Å². The average Bonchev–Trinajstić information content (AvgIpc) is 3.29. The van der Waals surface area contributed by atoms with Crippen molar-refractivity contribution in [2.24, 2.45) is 0 Å². The molecule has 0 aliphatic carbocycles. The largest absolute Gasteiger partial charge is 0.493 e. The van der Waals surface area contributed by atoms with Gasteiger partial charge in [0.25, 0.3) is 0 Å². The Labute approximate surface area is 196 Å². The zero-order chi connectivity index (χ0) is 22.8. The molecule has 0 radical (unpaired) electrons. The van der Waals surface area contributed by atoms with Crippen LogP contribution in [-0.2, 0) is 6.54 Å². The summed E-state index contributed by atoms with van der Waals surface area (Å²) >= 11 is 1.60. The zero-order valence-corrected chi connectivity index (χ0v) is 19.4. The molecule has 6 nitrogen and oxygen atoms in total. The number of benzene rings is 2. The SMILES string of the molecule is COc1ccc(CN2CCN(c3ncnc4scc(-c5ccc(F)cc5)c34)CC2)cc1OC. The van der Waals surface area contributed by atoms with Crippen molar-refractivity contribution in [3.8, 4) is 22.6 Å². The Morgan fingerprint density at radius 2 is 1.70 bits per heavy atom. The third-order valence-electron chi connectivity index (χ3n) is 6.03. The predicted molar refractivity (Wildman–Crippen MR) is 130 cm³/mol. The van der Waals surface area contributed by atoms with Crippen molar-refractivity contribution in [1.29, 1.82) is 0 Å². The molecule has 8 heteroatoms. The highest BCUT2D eigenvalue weighted by Gasteiger charge is 2.23. The third kappa shape index (κ3) is 4.36. The Hall–Kier alpha value is -3.23. The molecule has 1 aliphatic heterocycles. The molecule has 3 heterocycles. The molecule has 0 unspecified atom stereocenters. The van der Waals surface area contributed by atoms with Gasteiger partial charge in [0.15, 0.2) is 11.5 Å². The van der Waals surface area contributed by atoms with E-state index in [-0.39, 0.29) is 5.82 Å². The van der Waals surface area contributed by atoms with Crippen LogP contribution in [0.5, 0.6) is 11.5 Å². The number of nitrogens with zero attached hydrogens (tertiary/aromatic N) is 4. The second-order valence-corrected chi connectivity index (χ2v) is 8.84. The minimum atomic E-state index is -0.236. The average molecular weight is 465 g/mol. The molecule has 1 saturated heterocycles. The number of halogens is 1. The van der Waals surface area contributed by atoms with Gasteiger partial charge in [0.2, 0.25) is 0 Å². The lowest BCUT2D eigenvalue weighted by atomic mass is 10.1. The van der Waals surface area contributed by atoms with E-state index in [0.717, 1.165) is 71.4 Å². The fourth-order valence-corrected chi connectivity index (χ4v) is 5.21. The lowest BCUT2D eigenvalue weighted by Gasteiger charge is -2.35. The number of rotatable bonds is 6. The standard InChI is InChI=1S/C25H25FN4O2S/c1-31-21-8-3-17(13-22(21)32-2)14-29-9-11-30(12-10-29)24-23-20(15-33-25(23)28-16-27-24)18-4-6-19(26)7-5-18/h3-8,13,15-16H,9-12,14H2,1-2H3. The number of piperazine rings is 1. The topological polar surface area (TPSA) is 50.7 Å². The fraction of sp³-hybridized carbons (Fsp3) is 0.280. The van der Waals surface area contributed by atoms with Gasteiger partial charge in [0.1, 0.15) is 22.8 Å². The highest BCUT2D eigenvalue weighted by Crippen LogP contribution is 2.38. The summed E-state index contributed by atoms with van der Waals surface area (Å²) in [6.07, 6.45) is 1.64. The van der Waals surface area contributed by atoms with E-state index in [1.54, 1.807) is 31.9 Å². The molecular weight excluding hydrogens is 439 g/mol. The zero-order valence-electron chi connectivity index (χ0n) is 18.6. The van der Waals surface area contributed by atoms with Crippen molar-refractivity contribution in [2.75, 3.05) is 45.3 Å². The number of hydrogen-bond acceptors (Lipinski definition) is 7.